The Kier molecular flexibility index (Phi) is 4.84. The summed E-state index contributed by atoms with van der Waals surface area (Å²) in [6.45, 7) is 1.20. The fourth-order valence-corrected chi connectivity index (χ4v) is 1.78. The van der Waals surface area contributed by atoms with E-state index in [-0.39, 0.29) is 5.75 Å². The third kappa shape index (κ3) is 4.25. The molecule has 2 rings (SSSR count). The molecule has 1 aromatic carbocycles. The molecule has 23 heavy (non-hydrogen) atoms. The SMILES string of the molecule is Cc1ccc(OCC(=O)Nc2cccc(C#N)c2)c([N+](=O)[O-])n1. The summed E-state index contributed by atoms with van der Waals surface area (Å²) < 4.78 is 5.16. The highest BCUT2D eigenvalue weighted by molar-refractivity contribution is 5.92. The molecule has 0 aliphatic carbocycles. The Bertz CT molecular complexity index is 798. The molecule has 8 heteroatoms. The summed E-state index contributed by atoms with van der Waals surface area (Å²) in [5.74, 6) is -1.03. The van der Waals surface area contributed by atoms with Gasteiger partial charge in [-0.3, -0.25) is 4.79 Å². The molecule has 0 unspecified atom stereocenters. The third-order valence-electron chi connectivity index (χ3n) is 2.79. The molecular weight excluding hydrogens is 300 g/mol. The van der Waals surface area contributed by atoms with Crippen molar-refractivity contribution >= 4 is 17.4 Å². The molecule has 0 atom stereocenters. The van der Waals surface area contributed by atoms with Gasteiger partial charge in [0, 0.05) is 12.6 Å². The predicted molar refractivity (Wildman–Crippen MR) is 80.9 cm³/mol. The Morgan fingerprint density at radius 1 is 1.43 bits per heavy atom. The lowest BCUT2D eigenvalue weighted by molar-refractivity contribution is -0.390. The van der Waals surface area contributed by atoms with Crippen LogP contribution in [0.3, 0.4) is 0 Å². The van der Waals surface area contributed by atoms with Crippen LogP contribution in [0.5, 0.6) is 5.75 Å². The van der Waals surface area contributed by atoms with E-state index < -0.39 is 23.3 Å². The molecule has 0 spiro atoms. The van der Waals surface area contributed by atoms with Gasteiger partial charge in [0.25, 0.3) is 5.91 Å². The summed E-state index contributed by atoms with van der Waals surface area (Å²) in [5, 5.41) is 22.2. The van der Waals surface area contributed by atoms with Crippen molar-refractivity contribution in [1.29, 1.82) is 5.26 Å². The van der Waals surface area contributed by atoms with Crippen LogP contribution in [0, 0.1) is 28.4 Å². The van der Waals surface area contributed by atoms with E-state index in [1.165, 1.54) is 12.1 Å². The van der Waals surface area contributed by atoms with E-state index in [4.69, 9.17) is 10.00 Å². The lowest BCUT2D eigenvalue weighted by Crippen LogP contribution is -2.20. The second-order valence-corrected chi connectivity index (χ2v) is 4.56. The van der Waals surface area contributed by atoms with Crippen molar-refractivity contribution in [2.45, 2.75) is 6.92 Å². The normalized spacial score (nSPS) is 9.74. The molecule has 1 heterocycles. The molecule has 0 saturated carbocycles. The number of nitrogens with one attached hydrogen (secondary N) is 1. The number of benzene rings is 1. The van der Waals surface area contributed by atoms with Crippen LogP contribution in [-0.2, 0) is 4.79 Å². The van der Waals surface area contributed by atoms with Gasteiger partial charge in [-0.1, -0.05) is 6.07 Å². The van der Waals surface area contributed by atoms with E-state index in [1.54, 1.807) is 31.2 Å². The first-order valence-corrected chi connectivity index (χ1v) is 6.54. The molecule has 1 amide bonds. The van der Waals surface area contributed by atoms with E-state index >= 15 is 0 Å². The fraction of sp³-hybridized carbons (Fsp3) is 0.133. The minimum atomic E-state index is -0.670. The zero-order chi connectivity index (χ0) is 16.8. The van der Waals surface area contributed by atoms with Gasteiger partial charge < -0.3 is 20.2 Å². The zero-order valence-electron chi connectivity index (χ0n) is 12.1. The first kappa shape index (κ1) is 15.9. The molecule has 1 N–H and O–H groups in total. The second-order valence-electron chi connectivity index (χ2n) is 4.56. The largest absolute Gasteiger partial charge is 0.476 e. The van der Waals surface area contributed by atoms with Crippen molar-refractivity contribution < 1.29 is 14.5 Å². The molecule has 0 aliphatic heterocycles. The highest BCUT2D eigenvalue weighted by atomic mass is 16.6. The van der Waals surface area contributed by atoms with Gasteiger partial charge in [-0.05, 0) is 40.2 Å². The Morgan fingerprint density at radius 3 is 2.91 bits per heavy atom. The number of aromatic nitrogens is 1. The van der Waals surface area contributed by atoms with Gasteiger partial charge in [0.05, 0.1) is 11.6 Å². The van der Waals surface area contributed by atoms with Crippen LogP contribution in [0.4, 0.5) is 11.5 Å². The van der Waals surface area contributed by atoms with Crippen LogP contribution in [0.1, 0.15) is 11.3 Å². The van der Waals surface area contributed by atoms with Crippen LogP contribution in [-0.4, -0.2) is 22.4 Å². The summed E-state index contributed by atoms with van der Waals surface area (Å²) in [5.41, 5.74) is 1.32. The highest BCUT2D eigenvalue weighted by Gasteiger charge is 2.18. The first-order valence-electron chi connectivity index (χ1n) is 6.54. The van der Waals surface area contributed by atoms with Gasteiger partial charge in [0.2, 0.25) is 5.75 Å². The van der Waals surface area contributed by atoms with Gasteiger partial charge in [0.1, 0.15) is 5.69 Å². The van der Waals surface area contributed by atoms with Gasteiger partial charge in [-0.15, -0.1) is 0 Å². The van der Waals surface area contributed by atoms with Gasteiger partial charge in [0.15, 0.2) is 6.61 Å². The van der Waals surface area contributed by atoms with Crippen molar-refractivity contribution in [2.24, 2.45) is 0 Å². The van der Waals surface area contributed by atoms with E-state index in [9.17, 15) is 14.9 Å². The number of carbonyl (C=O) groups is 1. The summed E-state index contributed by atoms with van der Waals surface area (Å²) >= 11 is 0. The number of rotatable bonds is 5. The average molecular weight is 312 g/mol. The van der Waals surface area contributed by atoms with Crippen LogP contribution in [0.2, 0.25) is 0 Å². The van der Waals surface area contributed by atoms with Gasteiger partial charge in [-0.2, -0.15) is 5.26 Å². The Morgan fingerprint density at radius 2 is 2.22 bits per heavy atom. The topological polar surface area (TPSA) is 118 Å². The lowest BCUT2D eigenvalue weighted by Gasteiger charge is -2.08. The molecule has 116 valence electrons. The van der Waals surface area contributed by atoms with E-state index in [0.717, 1.165) is 0 Å². The van der Waals surface area contributed by atoms with Crippen molar-refractivity contribution in [1.82, 2.24) is 4.98 Å². The number of nitro groups is 1. The zero-order valence-corrected chi connectivity index (χ0v) is 12.1. The predicted octanol–water partition coefficient (Wildman–Crippen LogP) is 2.19. The minimum absolute atomic E-state index is 0.0819. The molecule has 8 nitrogen and oxygen atoms in total. The minimum Gasteiger partial charge on any atom is -0.476 e. The highest BCUT2D eigenvalue weighted by Crippen LogP contribution is 2.24. The Hall–Kier alpha value is -3.47. The summed E-state index contributed by atoms with van der Waals surface area (Å²) in [7, 11) is 0. The number of nitriles is 1. The molecular formula is C15H12N4O4. The maximum atomic E-state index is 11.8. The maximum absolute atomic E-state index is 11.8. The molecule has 1 aromatic heterocycles. The summed E-state index contributed by atoms with van der Waals surface area (Å²) in [6.07, 6.45) is 0. The Balaban J connectivity index is 2.02. The number of anilines is 1. The monoisotopic (exact) mass is 312 g/mol. The van der Waals surface area contributed by atoms with E-state index in [2.05, 4.69) is 10.3 Å². The van der Waals surface area contributed by atoms with Crippen molar-refractivity contribution in [3.63, 3.8) is 0 Å². The van der Waals surface area contributed by atoms with E-state index in [1.807, 2.05) is 6.07 Å². The molecule has 0 aliphatic rings. The number of nitrogens with zero attached hydrogens (tertiary/aromatic N) is 3. The van der Waals surface area contributed by atoms with Gasteiger partial charge in [-0.25, -0.2) is 0 Å². The van der Waals surface area contributed by atoms with Crippen LogP contribution in [0.25, 0.3) is 0 Å². The quantitative estimate of drug-likeness (QED) is 0.667. The van der Waals surface area contributed by atoms with E-state index in [0.29, 0.717) is 16.9 Å². The molecule has 0 saturated heterocycles. The Labute approximate surface area is 131 Å². The smallest absolute Gasteiger partial charge is 0.406 e. The number of amides is 1. The van der Waals surface area contributed by atoms with Crippen molar-refractivity contribution in [2.75, 3.05) is 11.9 Å². The number of hydrogen-bond donors (Lipinski definition) is 1. The lowest BCUT2D eigenvalue weighted by atomic mass is 10.2. The van der Waals surface area contributed by atoms with Crippen LogP contribution >= 0.6 is 0 Å². The van der Waals surface area contributed by atoms with Crippen LogP contribution < -0.4 is 10.1 Å². The number of carbonyl (C=O) groups excluding carboxylic acids is 1. The van der Waals surface area contributed by atoms with Crippen molar-refractivity contribution in [3.05, 3.63) is 57.8 Å². The molecule has 0 fully saturated rings. The van der Waals surface area contributed by atoms with Crippen molar-refractivity contribution in [3.8, 4) is 11.8 Å². The third-order valence-corrected chi connectivity index (χ3v) is 2.79. The maximum Gasteiger partial charge on any atom is 0.406 e. The summed E-state index contributed by atoms with van der Waals surface area (Å²) in [6, 6.07) is 11.3. The molecule has 2 aromatic rings. The first-order chi connectivity index (χ1) is 11.0. The molecule has 0 radical (unpaired) electrons. The number of pyridine rings is 1. The number of aryl methyl sites for hydroxylation is 1. The number of ether oxygens (including phenoxy) is 1. The fourth-order valence-electron chi connectivity index (χ4n) is 1.78. The van der Waals surface area contributed by atoms with Crippen LogP contribution in [0.15, 0.2) is 36.4 Å². The van der Waals surface area contributed by atoms with Gasteiger partial charge >= 0.3 is 5.82 Å². The molecule has 0 bridgehead atoms. The summed E-state index contributed by atoms with van der Waals surface area (Å²) in [4.78, 5) is 25.8. The second kappa shape index (κ2) is 7.00. The standard InChI is InChI=1S/C15H12N4O4/c1-10-5-6-13(15(17-10)19(21)22)23-9-14(20)18-12-4-2-3-11(7-12)8-16/h2-7H,9H2,1H3,(H,18,20). The number of hydrogen-bond acceptors (Lipinski definition) is 6. The average Bonchev–Trinajstić information content (AvgIpc) is 2.53.